The lowest BCUT2D eigenvalue weighted by molar-refractivity contribution is -0.130. The highest BCUT2D eigenvalue weighted by atomic mass is 35.5. The number of carbonyl (C=O) groups excluding carboxylic acids is 1. The Morgan fingerprint density at radius 1 is 1.16 bits per heavy atom. The van der Waals surface area contributed by atoms with Crippen molar-refractivity contribution in [2.24, 2.45) is 11.8 Å². The number of likely N-dealkylation sites (tertiary alicyclic amines) is 1. The molecule has 25 heavy (non-hydrogen) atoms. The number of nitrogens with zero attached hydrogens (tertiary/aromatic N) is 1. The van der Waals surface area contributed by atoms with E-state index in [-0.39, 0.29) is 18.3 Å². The molecule has 0 bridgehead atoms. The summed E-state index contributed by atoms with van der Waals surface area (Å²) in [4.78, 5) is 14.9. The molecule has 4 rings (SSSR count). The Balaban J connectivity index is 0.00000182. The normalized spacial score (nSPS) is 23.2. The molecule has 1 aromatic heterocycles. The maximum Gasteiger partial charge on any atom is 0.227 e. The fraction of sp³-hybridized carbons (Fsp3) is 0.550. The van der Waals surface area contributed by atoms with Crippen molar-refractivity contribution < 1.29 is 9.21 Å². The van der Waals surface area contributed by atoms with Gasteiger partial charge in [0, 0.05) is 24.0 Å². The first-order valence-electron chi connectivity index (χ1n) is 9.07. The average molecular weight is 363 g/mol. The van der Waals surface area contributed by atoms with Crippen molar-refractivity contribution in [3.63, 3.8) is 0 Å². The van der Waals surface area contributed by atoms with Gasteiger partial charge in [0.05, 0.1) is 12.7 Å². The van der Waals surface area contributed by atoms with E-state index >= 15 is 0 Å². The van der Waals surface area contributed by atoms with Crippen molar-refractivity contribution in [3.05, 3.63) is 35.1 Å². The third-order valence-electron chi connectivity index (χ3n) is 5.98. The van der Waals surface area contributed by atoms with Gasteiger partial charge in [-0.15, -0.1) is 12.4 Å². The molecule has 3 heterocycles. The molecule has 5 heteroatoms. The minimum Gasteiger partial charge on any atom is -0.464 e. The summed E-state index contributed by atoms with van der Waals surface area (Å²) in [6, 6.07) is 4.22. The van der Waals surface area contributed by atoms with Gasteiger partial charge in [-0.1, -0.05) is 0 Å². The second kappa shape index (κ2) is 7.38. The van der Waals surface area contributed by atoms with Gasteiger partial charge in [-0.2, -0.15) is 0 Å². The van der Waals surface area contributed by atoms with Gasteiger partial charge in [0.2, 0.25) is 5.91 Å². The number of carbonyl (C=O) groups is 1. The summed E-state index contributed by atoms with van der Waals surface area (Å²) >= 11 is 0. The topological polar surface area (TPSA) is 45.5 Å². The van der Waals surface area contributed by atoms with E-state index in [2.05, 4.69) is 36.2 Å². The summed E-state index contributed by atoms with van der Waals surface area (Å²) in [7, 11) is 0. The van der Waals surface area contributed by atoms with E-state index in [1.165, 1.54) is 11.1 Å². The largest absolute Gasteiger partial charge is 0.464 e. The minimum atomic E-state index is 0. The molecule has 1 N–H and O–H groups in total. The highest BCUT2D eigenvalue weighted by molar-refractivity contribution is 5.88. The van der Waals surface area contributed by atoms with Crippen LogP contribution in [0.4, 0.5) is 0 Å². The number of furan rings is 1. The molecule has 2 aliphatic rings. The predicted octanol–water partition coefficient (Wildman–Crippen LogP) is 3.47. The highest BCUT2D eigenvalue weighted by Gasteiger charge is 2.31. The third kappa shape index (κ3) is 3.56. The van der Waals surface area contributed by atoms with Gasteiger partial charge in [-0.25, -0.2) is 0 Å². The Morgan fingerprint density at radius 2 is 1.80 bits per heavy atom. The Hall–Kier alpha value is -1.52. The van der Waals surface area contributed by atoms with Gasteiger partial charge in [-0.05, 0) is 74.9 Å². The molecule has 0 unspecified atom stereocenters. The Morgan fingerprint density at radius 3 is 2.48 bits per heavy atom. The van der Waals surface area contributed by atoms with Crippen molar-refractivity contribution >= 4 is 29.3 Å². The summed E-state index contributed by atoms with van der Waals surface area (Å²) in [5.41, 5.74) is 4.37. The van der Waals surface area contributed by atoms with Crippen LogP contribution in [0.15, 0.2) is 22.8 Å². The lowest BCUT2D eigenvalue weighted by atomic mass is 9.92. The Labute approximate surface area is 155 Å². The number of rotatable bonds is 2. The van der Waals surface area contributed by atoms with Crippen LogP contribution in [0.5, 0.6) is 0 Å². The highest BCUT2D eigenvalue weighted by Crippen LogP contribution is 2.28. The number of hydrogen-bond acceptors (Lipinski definition) is 3. The predicted molar refractivity (Wildman–Crippen MR) is 102 cm³/mol. The van der Waals surface area contributed by atoms with Crippen LogP contribution in [0, 0.1) is 25.7 Å². The quantitative estimate of drug-likeness (QED) is 0.889. The summed E-state index contributed by atoms with van der Waals surface area (Å²) in [6.07, 6.45) is 4.47. The molecule has 0 radical (unpaired) electrons. The number of benzene rings is 1. The number of nitrogens with one attached hydrogen (secondary N) is 1. The second-order valence-corrected chi connectivity index (χ2v) is 7.51. The van der Waals surface area contributed by atoms with Crippen molar-refractivity contribution in [2.75, 3.05) is 26.2 Å². The molecule has 2 atom stereocenters. The van der Waals surface area contributed by atoms with Crippen LogP contribution in [-0.2, 0) is 11.2 Å². The van der Waals surface area contributed by atoms with Crippen LogP contribution in [0.25, 0.3) is 11.0 Å². The van der Waals surface area contributed by atoms with Gasteiger partial charge in [0.15, 0.2) is 0 Å². The van der Waals surface area contributed by atoms with Crippen LogP contribution in [0.2, 0.25) is 0 Å². The molecule has 0 aliphatic carbocycles. The summed E-state index contributed by atoms with van der Waals surface area (Å²) < 4.78 is 5.68. The molecule has 2 aliphatic heterocycles. The van der Waals surface area contributed by atoms with E-state index in [4.69, 9.17) is 4.42 Å². The van der Waals surface area contributed by atoms with Crippen molar-refractivity contribution in [2.45, 2.75) is 33.1 Å². The van der Waals surface area contributed by atoms with E-state index in [1.54, 1.807) is 6.26 Å². The molecular weight excluding hydrogens is 336 g/mol. The van der Waals surface area contributed by atoms with Gasteiger partial charge in [0.1, 0.15) is 5.58 Å². The molecule has 1 amide bonds. The number of hydrogen-bond donors (Lipinski definition) is 1. The smallest absolute Gasteiger partial charge is 0.227 e. The first-order valence-corrected chi connectivity index (χ1v) is 9.07. The molecule has 136 valence electrons. The second-order valence-electron chi connectivity index (χ2n) is 7.51. The fourth-order valence-electron chi connectivity index (χ4n) is 4.22. The van der Waals surface area contributed by atoms with Crippen molar-refractivity contribution in [1.29, 1.82) is 0 Å². The van der Waals surface area contributed by atoms with Crippen LogP contribution >= 0.6 is 12.4 Å². The molecule has 2 aromatic rings. The number of amides is 1. The van der Waals surface area contributed by atoms with Crippen LogP contribution < -0.4 is 5.32 Å². The monoisotopic (exact) mass is 362 g/mol. The standard InChI is InChI=1S/C20H26N2O2.ClH/c1-13-7-18-17(12-24-19(18)8-14(13)2)9-20(23)22-5-3-15-10-21-11-16(15)4-6-22;/h7-8,12,15-16,21H,3-6,9-11H2,1-2H3;1H/t15-,16+;. The summed E-state index contributed by atoms with van der Waals surface area (Å²) in [5.74, 6) is 1.75. The Kier molecular flexibility index (Phi) is 5.40. The van der Waals surface area contributed by atoms with Crippen LogP contribution in [-0.4, -0.2) is 37.0 Å². The first kappa shape index (κ1) is 18.3. The molecule has 0 saturated carbocycles. The SMILES string of the molecule is Cc1cc2occ(CC(=O)N3CC[C@@H]4CNC[C@@H]4CC3)c2cc1C.Cl. The number of halogens is 1. The number of fused-ring (bicyclic) bond motifs is 2. The lowest BCUT2D eigenvalue weighted by Crippen LogP contribution is -2.33. The molecule has 2 saturated heterocycles. The van der Waals surface area contributed by atoms with Crippen LogP contribution in [0.1, 0.15) is 29.5 Å². The average Bonchev–Trinajstić information content (AvgIpc) is 3.10. The maximum atomic E-state index is 12.8. The lowest BCUT2D eigenvalue weighted by Gasteiger charge is -2.20. The van der Waals surface area contributed by atoms with E-state index < -0.39 is 0 Å². The van der Waals surface area contributed by atoms with Gasteiger partial charge in [-0.3, -0.25) is 4.79 Å². The van der Waals surface area contributed by atoms with Crippen molar-refractivity contribution in [1.82, 2.24) is 10.2 Å². The zero-order valence-electron chi connectivity index (χ0n) is 15.0. The van der Waals surface area contributed by atoms with E-state index in [0.29, 0.717) is 6.42 Å². The van der Waals surface area contributed by atoms with Crippen molar-refractivity contribution in [3.8, 4) is 0 Å². The third-order valence-corrected chi connectivity index (χ3v) is 5.98. The van der Waals surface area contributed by atoms with E-state index in [1.807, 2.05) is 0 Å². The molecule has 4 nitrogen and oxygen atoms in total. The minimum absolute atomic E-state index is 0. The summed E-state index contributed by atoms with van der Waals surface area (Å²) in [6.45, 7) is 8.24. The fourth-order valence-corrected chi connectivity index (χ4v) is 4.22. The van der Waals surface area contributed by atoms with Gasteiger partial charge in [0.25, 0.3) is 0 Å². The molecular formula is C20H27ClN2O2. The molecule has 1 aromatic carbocycles. The zero-order valence-corrected chi connectivity index (χ0v) is 15.8. The van der Waals surface area contributed by atoms with Gasteiger partial charge >= 0.3 is 0 Å². The summed E-state index contributed by atoms with van der Waals surface area (Å²) in [5, 5.41) is 4.57. The van der Waals surface area contributed by atoms with E-state index in [9.17, 15) is 4.79 Å². The van der Waals surface area contributed by atoms with E-state index in [0.717, 1.165) is 67.4 Å². The zero-order chi connectivity index (χ0) is 16.7. The molecule has 0 spiro atoms. The number of aryl methyl sites for hydroxylation is 2. The first-order chi connectivity index (χ1) is 11.6. The maximum absolute atomic E-state index is 12.8. The van der Waals surface area contributed by atoms with Crippen LogP contribution in [0.3, 0.4) is 0 Å². The molecule has 2 fully saturated rings. The van der Waals surface area contributed by atoms with Gasteiger partial charge < -0.3 is 14.6 Å². The Bertz CT molecular complexity index is 756.